The Hall–Kier alpha value is -2.69. The first-order valence-electron chi connectivity index (χ1n) is 10.2. The molecule has 5 nitrogen and oxygen atoms in total. The van der Waals surface area contributed by atoms with Crippen LogP contribution in [-0.4, -0.2) is 50.2 Å². The maximum atomic E-state index is 12.9. The molecular formula is C24H32N2O3. The van der Waals surface area contributed by atoms with Gasteiger partial charge in [0.2, 0.25) is 0 Å². The molecule has 29 heavy (non-hydrogen) atoms. The quantitative estimate of drug-likeness (QED) is 0.763. The number of carbonyl (C=O) groups excluding carboxylic acids is 1. The van der Waals surface area contributed by atoms with Gasteiger partial charge in [0.15, 0.2) is 6.10 Å². The van der Waals surface area contributed by atoms with Crippen molar-refractivity contribution in [3.63, 3.8) is 0 Å². The average molecular weight is 397 g/mol. The van der Waals surface area contributed by atoms with E-state index in [1.54, 1.807) is 7.11 Å². The van der Waals surface area contributed by atoms with Crippen molar-refractivity contribution in [1.82, 2.24) is 4.90 Å². The van der Waals surface area contributed by atoms with Crippen molar-refractivity contribution in [2.24, 2.45) is 0 Å². The van der Waals surface area contributed by atoms with E-state index in [0.717, 1.165) is 30.3 Å². The van der Waals surface area contributed by atoms with E-state index in [1.165, 1.54) is 5.56 Å². The van der Waals surface area contributed by atoms with Crippen molar-refractivity contribution in [3.8, 4) is 11.5 Å². The van der Waals surface area contributed by atoms with Crippen molar-refractivity contribution in [3.05, 3.63) is 54.1 Å². The highest BCUT2D eigenvalue weighted by molar-refractivity contribution is 5.81. The Morgan fingerprint density at radius 3 is 2.21 bits per heavy atom. The molecule has 1 aliphatic rings. The summed E-state index contributed by atoms with van der Waals surface area (Å²) in [4.78, 5) is 17.1. The second-order valence-corrected chi connectivity index (χ2v) is 8.55. The maximum absolute atomic E-state index is 12.9. The van der Waals surface area contributed by atoms with Crippen LogP contribution in [0.25, 0.3) is 0 Å². The molecule has 0 N–H and O–H groups in total. The van der Waals surface area contributed by atoms with E-state index >= 15 is 0 Å². The number of benzene rings is 2. The highest BCUT2D eigenvalue weighted by atomic mass is 16.5. The van der Waals surface area contributed by atoms with E-state index in [2.05, 4.69) is 43.9 Å². The lowest BCUT2D eigenvalue weighted by atomic mass is 9.87. The zero-order chi connectivity index (χ0) is 21.0. The number of carbonyl (C=O) groups is 1. The van der Waals surface area contributed by atoms with Gasteiger partial charge in [-0.2, -0.15) is 0 Å². The van der Waals surface area contributed by atoms with Gasteiger partial charge in [-0.15, -0.1) is 0 Å². The van der Waals surface area contributed by atoms with Crippen molar-refractivity contribution >= 4 is 11.6 Å². The minimum absolute atomic E-state index is 0.0422. The molecule has 2 aromatic rings. The van der Waals surface area contributed by atoms with Crippen LogP contribution >= 0.6 is 0 Å². The van der Waals surface area contributed by atoms with Gasteiger partial charge in [0, 0.05) is 31.9 Å². The summed E-state index contributed by atoms with van der Waals surface area (Å²) in [7, 11) is 1.67. The van der Waals surface area contributed by atoms with Gasteiger partial charge in [0.25, 0.3) is 5.91 Å². The highest BCUT2D eigenvalue weighted by Crippen LogP contribution is 2.26. The fraction of sp³-hybridized carbons (Fsp3) is 0.458. The second-order valence-electron chi connectivity index (χ2n) is 8.55. The van der Waals surface area contributed by atoms with Crippen LogP contribution in [-0.2, 0) is 10.2 Å². The van der Waals surface area contributed by atoms with E-state index in [-0.39, 0.29) is 11.3 Å². The molecule has 0 saturated carbocycles. The van der Waals surface area contributed by atoms with Crippen LogP contribution < -0.4 is 14.4 Å². The number of hydrogen-bond acceptors (Lipinski definition) is 4. The lowest BCUT2D eigenvalue weighted by molar-refractivity contribution is -0.138. The molecule has 1 fully saturated rings. The summed E-state index contributed by atoms with van der Waals surface area (Å²) < 4.78 is 11.2. The molecule has 2 aromatic carbocycles. The fourth-order valence-electron chi connectivity index (χ4n) is 3.53. The number of anilines is 1. The van der Waals surface area contributed by atoms with Crippen LogP contribution in [0.4, 0.5) is 5.69 Å². The van der Waals surface area contributed by atoms with Gasteiger partial charge in [-0.05, 0) is 54.3 Å². The third-order valence-electron chi connectivity index (χ3n) is 5.39. The smallest absolute Gasteiger partial charge is 0.263 e. The third kappa shape index (κ3) is 5.22. The molecule has 1 amide bonds. The molecule has 1 atom stereocenters. The topological polar surface area (TPSA) is 42.0 Å². The molecule has 0 aromatic heterocycles. The molecule has 1 heterocycles. The zero-order valence-electron chi connectivity index (χ0n) is 18.1. The van der Waals surface area contributed by atoms with Gasteiger partial charge in [0.05, 0.1) is 7.11 Å². The molecule has 1 aliphatic heterocycles. The van der Waals surface area contributed by atoms with E-state index in [1.807, 2.05) is 42.2 Å². The number of methoxy groups -OCH3 is 1. The van der Waals surface area contributed by atoms with Crippen LogP contribution in [0.2, 0.25) is 0 Å². The normalized spacial score (nSPS) is 15.8. The van der Waals surface area contributed by atoms with E-state index in [0.29, 0.717) is 13.1 Å². The number of nitrogens with zero attached hydrogens (tertiary/aromatic N) is 2. The first-order valence-corrected chi connectivity index (χ1v) is 10.2. The van der Waals surface area contributed by atoms with Gasteiger partial charge in [-0.25, -0.2) is 0 Å². The predicted molar refractivity (Wildman–Crippen MR) is 117 cm³/mol. The second kappa shape index (κ2) is 8.76. The van der Waals surface area contributed by atoms with E-state index < -0.39 is 6.10 Å². The molecule has 1 saturated heterocycles. The molecule has 156 valence electrons. The van der Waals surface area contributed by atoms with Crippen LogP contribution in [0.3, 0.4) is 0 Å². The van der Waals surface area contributed by atoms with Crippen LogP contribution in [0.1, 0.15) is 33.3 Å². The lowest BCUT2D eigenvalue weighted by Gasteiger charge is -2.37. The number of piperazine rings is 1. The molecular weight excluding hydrogens is 364 g/mol. The van der Waals surface area contributed by atoms with Gasteiger partial charge < -0.3 is 19.3 Å². The molecule has 0 aliphatic carbocycles. The summed E-state index contributed by atoms with van der Waals surface area (Å²) in [5.74, 6) is 1.64. The van der Waals surface area contributed by atoms with Gasteiger partial charge >= 0.3 is 0 Å². The Morgan fingerprint density at radius 1 is 0.966 bits per heavy atom. The minimum atomic E-state index is -0.502. The van der Waals surface area contributed by atoms with Gasteiger partial charge in [-0.3, -0.25) is 4.79 Å². The van der Waals surface area contributed by atoms with Gasteiger partial charge in [-0.1, -0.05) is 32.9 Å². The Balaban J connectivity index is 1.56. The molecule has 0 bridgehead atoms. The molecule has 1 unspecified atom stereocenters. The first-order chi connectivity index (χ1) is 13.8. The Labute approximate surface area is 174 Å². The van der Waals surface area contributed by atoms with Crippen LogP contribution in [0, 0.1) is 0 Å². The van der Waals surface area contributed by atoms with Crippen molar-refractivity contribution in [1.29, 1.82) is 0 Å². The zero-order valence-corrected chi connectivity index (χ0v) is 18.1. The predicted octanol–water partition coefficient (Wildman–Crippen LogP) is 4.11. The standard InChI is InChI=1S/C24H32N2O3/c1-18(29-22-8-6-7-19(17-22)24(2,3)4)23(27)26-15-13-25(14-16-26)20-9-11-21(28-5)12-10-20/h6-12,17-18H,13-16H2,1-5H3. The van der Waals surface area contributed by atoms with Gasteiger partial charge in [0.1, 0.15) is 11.5 Å². The van der Waals surface area contributed by atoms with Crippen molar-refractivity contribution in [2.75, 3.05) is 38.2 Å². The van der Waals surface area contributed by atoms with Crippen LogP contribution in [0.15, 0.2) is 48.5 Å². The number of ether oxygens (including phenoxy) is 2. The summed E-state index contributed by atoms with van der Waals surface area (Å²) in [6.45, 7) is 11.4. The summed E-state index contributed by atoms with van der Waals surface area (Å²) in [5.41, 5.74) is 2.40. The van der Waals surface area contributed by atoms with Crippen molar-refractivity contribution in [2.45, 2.75) is 39.2 Å². The Bertz CT molecular complexity index is 819. The molecule has 5 heteroatoms. The number of hydrogen-bond donors (Lipinski definition) is 0. The molecule has 0 spiro atoms. The first kappa shape index (κ1) is 21.0. The number of amides is 1. The number of rotatable bonds is 5. The summed E-state index contributed by atoms with van der Waals surface area (Å²) in [6, 6.07) is 16.1. The van der Waals surface area contributed by atoms with Crippen LogP contribution in [0.5, 0.6) is 11.5 Å². The summed E-state index contributed by atoms with van der Waals surface area (Å²) >= 11 is 0. The maximum Gasteiger partial charge on any atom is 0.263 e. The Morgan fingerprint density at radius 2 is 1.62 bits per heavy atom. The summed E-state index contributed by atoms with van der Waals surface area (Å²) in [5, 5.41) is 0. The average Bonchev–Trinajstić information content (AvgIpc) is 2.73. The molecule has 0 radical (unpaired) electrons. The summed E-state index contributed by atoms with van der Waals surface area (Å²) in [6.07, 6.45) is -0.502. The third-order valence-corrected chi connectivity index (χ3v) is 5.39. The largest absolute Gasteiger partial charge is 0.497 e. The lowest BCUT2D eigenvalue weighted by Crippen LogP contribution is -2.52. The van der Waals surface area contributed by atoms with E-state index in [9.17, 15) is 4.79 Å². The SMILES string of the molecule is COc1ccc(N2CCN(C(=O)C(C)Oc3cccc(C(C)(C)C)c3)CC2)cc1. The molecule has 3 rings (SSSR count). The van der Waals surface area contributed by atoms with E-state index in [4.69, 9.17) is 9.47 Å². The Kier molecular flexibility index (Phi) is 6.36. The highest BCUT2D eigenvalue weighted by Gasteiger charge is 2.26. The fourth-order valence-corrected chi connectivity index (χ4v) is 3.53. The minimum Gasteiger partial charge on any atom is -0.497 e. The monoisotopic (exact) mass is 396 g/mol. The van der Waals surface area contributed by atoms with Crippen molar-refractivity contribution < 1.29 is 14.3 Å².